The average Bonchev–Trinajstić information content (AvgIpc) is 2.70. The van der Waals surface area contributed by atoms with E-state index in [9.17, 15) is 13.2 Å². The summed E-state index contributed by atoms with van der Waals surface area (Å²) in [6.45, 7) is 6.19. The van der Waals surface area contributed by atoms with Crippen LogP contribution in [-0.2, 0) is 27.8 Å². The van der Waals surface area contributed by atoms with Gasteiger partial charge in [0.25, 0.3) is 0 Å². The molecule has 0 saturated carbocycles. The van der Waals surface area contributed by atoms with E-state index in [-0.39, 0.29) is 12.5 Å². The van der Waals surface area contributed by atoms with Gasteiger partial charge in [0.2, 0.25) is 15.9 Å². The number of hydrogen-bond donors (Lipinski definition) is 1. The summed E-state index contributed by atoms with van der Waals surface area (Å²) in [4.78, 5) is 12.3. The lowest BCUT2D eigenvalue weighted by atomic mass is 10.1. The first-order valence-corrected chi connectivity index (χ1v) is 12.0. The minimum atomic E-state index is -3.45. The molecule has 162 valence electrons. The zero-order valence-corrected chi connectivity index (χ0v) is 19.2. The SMILES string of the molecule is Cc1ccc(CC(=O)Nc2ccc(CN(c3ccc(C)c(C)c3)S(C)(=O)=O)cc2)cc1. The zero-order chi connectivity index (χ0) is 22.6. The molecule has 0 heterocycles. The van der Waals surface area contributed by atoms with Gasteiger partial charge in [-0.15, -0.1) is 0 Å². The Kier molecular flexibility index (Phi) is 6.81. The van der Waals surface area contributed by atoms with Gasteiger partial charge in [0, 0.05) is 5.69 Å². The van der Waals surface area contributed by atoms with Crippen LogP contribution in [0.25, 0.3) is 0 Å². The van der Waals surface area contributed by atoms with E-state index in [0.717, 1.165) is 27.8 Å². The van der Waals surface area contributed by atoms with Crippen LogP contribution >= 0.6 is 0 Å². The van der Waals surface area contributed by atoms with Crippen molar-refractivity contribution in [3.8, 4) is 0 Å². The Balaban J connectivity index is 1.69. The molecule has 3 aromatic rings. The predicted molar refractivity (Wildman–Crippen MR) is 127 cm³/mol. The van der Waals surface area contributed by atoms with E-state index in [4.69, 9.17) is 0 Å². The Morgan fingerprint density at radius 3 is 2.03 bits per heavy atom. The largest absolute Gasteiger partial charge is 0.326 e. The molecule has 0 fully saturated rings. The number of amides is 1. The number of carbonyl (C=O) groups excluding carboxylic acids is 1. The molecule has 1 amide bonds. The number of nitrogens with one attached hydrogen (secondary N) is 1. The normalized spacial score (nSPS) is 11.2. The number of sulfonamides is 1. The Morgan fingerprint density at radius 2 is 1.45 bits per heavy atom. The molecular weight excluding hydrogens is 408 g/mol. The van der Waals surface area contributed by atoms with Crippen molar-refractivity contribution >= 4 is 27.3 Å². The molecule has 5 nitrogen and oxygen atoms in total. The van der Waals surface area contributed by atoms with E-state index in [1.165, 1.54) is 10.6 Å². The van der Waals surface area contributed by atoms with Crippen LogP contribution in [0.5, 0.6) is 0 Å². The van der Waals surface area contributed by atoms with Gasteiger partial charge < -0.3 is 5.32 Å². The molecule has 3 rings (SSSR count). The fourth-order valence-electron chi connectivity index (χ4n) is 3.24. The van der Waals surface area contributed by atoms with Gasteiger partial charge in [-0.3, -0.25) is 9.10 Å². The summed E-state index contributed by atoms with van der Waals surface area (Å²) in [5.41, 5.74) is 6.42. The molecule has 0 saturated heterocycles. The quantitative estimate of drug-likeness (QED) is 0.581. The Morgan fingerprint density at radius 1 is 0.839 bits per heavy atom. The van der Waals surface area contributed by atoms with Crippen molar-refractivity contribution in [2.45, 2.75) is 33.7 Å². The lowest BCUT2D eigenvalue weighted by Gasteiger charge is -2.23. The number of carbonyl (C=O) groups is 1. The van der Waals surface area contributed by atoms with Gasteiger partial charge in [0.15, 0.2) is 0 Å². The lowest BCUT2D eigenvalue weighted by molar-refractivity contribution is -0.115. The van der Waals surface area contributed by atoms with Crippen LogP contribution in [0.3, 0.4) is 0 Å². The van der Waals surface area contributed by atoms with Gasteiger partial charge in [-0.05, 0) is 67.3 Å². The Labute approximate surface area is 184 Å². The molecule has 0 atom stereocenters. The maximum atomic E-state index is 12.4. The van der Waals surface area contributed by atoms with Crippen molar-refractivity contribution in [3.63, 3.8) is 0 Å². The molecular formula is C25H28N2O3S. The monoisotopic (exact) mass is 436 g/mol. The number of anilines is 2. The second-order valence-electron chi connectivity index (χ2n) is 7.95. The minimum Gasteiger partial charge on any atom is -0.326 e. The smallest absolute Gasteiger partial charge is 0.232 e. The van der Waals surface area contributed by atoms with E-state index in [1.54, 1.807) is 12.1 Å². The summed E-state index contributed by atoms with van der Waals surface area (Å²) < 4.78 is 26.2. The summed E-state index contributed by atoms with van der Waals surface area (Å²) in [5.74, 6) is -0.0931. The summed E-state index contributed by atoms with van der Waals surface area (Å²) in [5, 5.41) is 2.89. The third-order valence-corrected chi connectivity index (χ3v) is 6.37. The summed E-state index contributed by atoms with van der Waals surface area (Å²) in [6, 6.07) is 20.8. The number of hydrogen-bond acceptors (Lipinski definition) is 3. The van der Waals surface area contributed by atoms with Crippen LogP contribution in [0.2, 0.25) is 0 Å². The van der Waals surface area contributed by atoms with E-state index in [0.29, 0.717) is 17.8 Å². The van der Waals surface area contributed by atoms with Crippen LogP contribution in [0.4, 0.5) is 11.4 Å². The molecule has 0 aliphatic heterocycles. The van der Waals surface area contributed by atoms with Crippen LogP contribution in [0, 0.1) is 20.8 Å². The van der Waals surface area contributed by atoms with E-state index >= 15 is 0 Å². The van der Waals surface area contributed by atoms with Crippen molar-refractivity contribution in [3.05, 3.63) is 94.5 Å². The summed E-state index contributed by atoms with van der Waals surface area (Å²) >= 11 is 0. The molecule has 0 aliphatic carbocycles. The third kappa shape index (κ3) is 6.18. The van der Waals surface area contributed by atoms with Gasteiger partial charge in [-0.1, -0.05) is 48.0 Å². The number of aryl methyl sites for hydroxylation is 3. The molecule has 1 N–H and O–H groups in total. The van der Waals surface area contributed by atoms with Gasteiger partial charge in [0.05, 0.1) is 24.9 Å². The fraction of sp³-hybridized carbons (Fsp3) is 0.240. The predicted octanol–water partition coefficient (Wildman–Crippen LogP) is 4.76. The van der Waals surface area contributed by atoms with E-state index in [2.05, 4.69) is 5.32 Å². The molecule has 3 aromatic carbocycles. The number of nitrogens with zero attached hydrogens (tertiary/aromatic N) is 1. The molecule has 0 aliphatic rings. The number of benzene rings is 3. The van der Waals surface area contributed by atoms with Crippen molar-refractivity contribution in [1.82, 2.24) is 0 Å². The molecule has 0 unspecified atom stereocenters. The molecule has 6 heteroatoms. The van der Waals surface area contributed by atoms with E-state index in [1.807, 2.05) is 75.4 Å². The maximum Gasteiger partial charge on any atom is 0.232 e. The first kappa shape index (κ1) is 22.6. The fourth-order valence-corrected chi connectivity index (χ4v) is 4.12. The topological polar surface area (TPSA) is 66.5 Å². The average molecular weight is 437 g/mol. The van der Waals surface area contributed by atoms with Gasteiger partial charge in [0.1, 0.15) is 0 Å². The van der Waals surface area contributed by atoms with Crippen LogP contribution < -0.4 is 9.62 Å². The standard InChI is InChI=1S/C25H28N2O3S/c1-18-5-8-21(9-6-18)16-25(28)26-23-12-10-22(11-13-23)17-27(31(4,29)30)24-14-7-19(2)20(3)15-24/h5-15H,16-17H2,1-4H3,(H,26,28). The van der Waals surface area contributed by atoms with Crippen molar-refractivity contribution in [1.29, 1.82) is 0 Å². The highest BCUT2D eigenvalue weighted by Crippen LogP contribution is 2.24. The van der Waals surface area contributed by atoms with Crippen molar-refractivity contribution in [2.24, 2.45) is 0 Å². The first-order valence-electron chi connectivity index (χ1n) is 10.1. The highest BCUT2D eigenvalue weighted by Gasteiger charge is 2.18. The third-order valence-electron chi connectivity index (χ3n) is 5.23. The maximum absolute atomic E-state index is 12.4. The van der Waals surface area contributed by atoms with Crippen LogP contribution in [0.15, 0.2) is 66.7 Å². The molecule has 31 heavy (non-hydrogen) atoms. The molecule has 0 radical (unpaired) electrons. The molecule has 0 bridgehead atoms. The Hall–Kier alpha value is -3.12. The Bertz CT molecular complexity index is 1170. The summed E-state index contributed by atoms with van der Waals surface area (Å²) in [6.07, 6.45) is 1.51. The van der Waals surface area contributed by atoms with Crippen LogP contribution in [0.1, 0.15) is 27.8 Å². The second kappa shape index (κ2) is 9.35. The van der Waals surface area contributed by atoms with Gasteiger partial charge >= 0.3 is 0 Å². The van der Waals surface area contributed by atoms with Crippen molar-refractivity contribution in [2.75, 3.05) is 15.9 Å². The van der Waals surface area contributed by atoms with Gasteiger partial charge in [-0.25, -0.2) is 8.42 Å². The minimum absolute atomic E-state index is 0.0931. The van der Waals surface area contributed by atoms with Gasteiger partial charge in [-0.2, -0.15) is 0 Å². The number of rotatable bonds is 7. The van der Waals surface area contributed by atoms with E-state index < -0.39 is 10.0 Å². The van der Waals surface area contributed by atoms with Crippen LogP contribution in [-0.4, -0.2) is 20.6 Å². The highest BCUT2D eigenvalue weighted by atomic mass is 32.2. The molecule has 0 aromatic heterocycles. The summed E-state index contributed by atoms with van der Waals surface area (Å²) in [7, 11) is -3.45. The highest BCUT2D eigenvalue weighted by molar-refractivity contribution is 7.92. The second-order valence-corrected chi connectivity index (χ2v) is 9.85. The first-order chi connectivity index (χ1) is 14.6. The molecule has 0 spiro atoms. The lowest BCUT2D eigenvalue weighted by Crippen LogP contribution is -2.29. The van der Waals surface area contributed by atoms with Crippen molar-refractivity contribution < 1.29 is 13.2 Å². The zero-order valence-electron chi connectivity index (χ0n) is 18.3.